The Morgan fingerprint density at radius 3 is 1.10 bits per heavy atom. The van der Waals surface area contributed by atoms with Gasteiger partial charge < -0.3 is 19.7 Å². The van der Waals surface area contributed by atoms with Crippen LogP contribution in [0.2, 0.25) is 0 Å². The van der Waals surface area contributed by atoms with Crippen LogP contribution in [0.1, 0.15) is 57.3 Å². The van der Waals surface area contributed by atoms with E-state index in [2.05, 4.69) is 32.6 Å². The van der Waals surface area contributed by atoms with Gasteiger partial charge in [0.1, 0.15) is 36.2 Å². The van der Waals surface area contributed by atoms with Crippen LogP contribution in [0.15, 0.2) is 130 Å². The van der Waals surface area contributed by atoms with Crippen LogP contribution in [0.3, 0.4) is 0 Å². The second-order valence-electron chi connectivity index (χ2n) is 14.2. The lowest BCUT2D eigenvalue weighted by Crippen LogP contribution is -2.07. The third kappa shape index (κ3) is 9.85. The van der Waals surface area contributed by atoms with Crippen LogP contribution in [0, 0.1) is 42.9 Å². The lowest BCUT2D eigenvalue weighted by atomic mass is 9.91. The van der Waals surface area contributed by atoms with Gasteiger partial charge in [0, 0.05) is 72.2 Å². The Morgan fingerprint density at radius 1 is 0.500 bits per heavy atom. The summed E-state index contributed by atoms with van der Waals surface area (Å²) in [7, 11) is 0. The van der Waals surface area contributed by atoms with Crippen LogP contribution < -0.4 is 9.47 Å². The highest BCUT2D eigenvalue weighted by atomic mass is 16.6. The highest BCUT2D eigenvalue weighted by Gasteiger charge is 2.22. The molecule has 0 saturated heterocycles. The van der Waals surface area contributed by atoms with Crippen LogP contribution in [-0.4, -0.2) is 33.3 Å². The highest BCUT2D eigenvalue weighted by molar-refractivity contribution is 5.61. The first kappa shape index (κ1) is 41.7. The molecular weight excluding hydrogens is 793 g/mol. The Hall–Kier alpha value is -8.50. The minimum absolute atomic E-state index is 0.000903. The molecule has 0 atom stereocenters. The smallest absolute Gasteiger partial charge is 0.269 e. The number of benzene rings is 6. The van der Waals surface area contributed by atoms with Crippen molar-refractivity contribution in [3.05, 3.63) is 174 Å². The lowest BCUT2D eigenvalue weighted by molar-refractivity contribution is -0.385. The minimum atomic E-state index is -0.501. The Balaban J connectivity index is 1.39. The van der Waals surface area contributed by atoms with E-state index in [1.165, 1.54) is 48.5 Å². The number of hydrogen-bond donors (Lipinski definition) is 2. The van der Waals surface area contributed by atoms with Crippen molar-refractivity contribution < 1.29 is 29.5 Å². The summed E-state index contributed by atoms with van der Waals surface area (Å²) in [4.78, 5) is 21.4. The average Bonchev–Trinajstić information content (AvgIpc) is 3.26. The first-order chi connectivity index (χ1) is 30.1. The van der Waals surface area contributed by atoms with Gasteiger partial charge in [-0.2, -0.15) is 31.0 Å². The molecule has 2 N–H and O–H groups in total. The molecule has 0 aliphatic heterocycles. The van der Waals surface area contributed by atoms with Crippen molar-refractivity contribution in [2.24, 2.45) is 20.5 Å². The number of azo groups is 2. The molecule has 8 bridgehead atoms. The number of nitro benzene ring substituents is 2. The van der Waals surface area contributed by atoms with Gasteiger partial charge in [-0.1, -0.05) is 36.4 Å². The molecular formula is C46H36N8O8. The number of hydrogen-bond acceptors (Lipinski definition) is 14. The van der Waals surface area contributed by atoms with Gasteiger partial charge in [-0.25, -0.2) is 0 Å². The summed E-state index contributed by atoms with van der Waals surface area (Å²) in [5.74, 6) is 0.926. The van der Waals surface area contributed by atoms with E-state index in [-0.39, 0.29) is 74.6 Å². The summed E-state index contributed by atoms with van der Waals surface area (Å²) in [6, 6.07) is 33.4. The van der Waals surface area contributed by atoms with E-state index >= 15 is 0 Å². The van der Waals surface area contributed by atoms with E-state index < -0.39 is 9.85 Å². The molecule has 1 aliphatic carbocycles. The van der Waals surface area contributed by atoms with E-state index in [0.29, 0.717) is 78.8 Å². The summed E-state index contributed by atoms with van der Waals surface area (Å²) >= 11 is 0. The zero-order chi connectivity index (χ0) is 43.6. The predicted octanol–water partition coefficient (Wildman–Crippen LogP) is 11.0. The monoisotopic (exact) mass is 828 g/mol. The molecule has 0 saturated carbocycles. The maximum atomic E-state index is 12.0. The standard InChI is InChI=1S/C46H36N8O8/c47-17-3-19-61-45-29-5-1-6-30(45)22-34-26-40(52-50-38-11-15-42(16-12-38)54(59)60)28-36(44(34)56)24-32-8-2-7-31(46(32)62-20-4-18-48)23-35-27-39(25-33(21-29)43(35)55)51-49-37-9-13-41(14-10-37)53(57)58/h1-2,5-16,25-28,55-56H,3-4,19-24H2. The summed E-state index contributed by atoms with van der Waals surface area (Å²) in [6.07, 6.45) is 0.825. The molecule has 0 radical (unpaired) electrons. The normalized spacial score (nSPS) is 12.1. The number of phenolic OH excluding ortho intramolecular Hbond substituents is 2. The van der Waals surface area contributed by atoms with Crippen LogP contribution in [0.4, 0.5) is 34.1 Å². The third-order valence-corrected chi connectivity index (χ3v) is 9.99. The molecule has 0 amide bonds. The Bertz CT molecular complexity index is 2530. The number of para-hydroxylation sites is 2. The Labute approximate surface area is 354 Å². The largest absolute Gasteiger partial charge is 0.507 e. The fraction of sp³-hybridized carbons (Fsp3) is 0.174. The second kappa shape index (κ2) is 19.0. The van der Waals surface area contributed by atoms with Gasteiger partial charge in [-0.05, 0) is 70.8 Å². The maximum Gasteiger partial charge on any atom is 0.269 e. The lowest BCUT2D eigenvalue weighted by Gasteiger charge is -2.20. The number of nitrogens with zero attached hydrogens (tertiary/aromatic N) is 8. The molecule has 0 unspecified atom stereocenters. The number of rotatable bonds is 12. The first-order valence-electron chi connectivity index (χ1n) is 19.3. The molecule has 0 heterocycles. The third-order valence-electron chi connectivity index (χ3n) is 9.99. The van der Waals surface area contributed by atoms with E-state index in [9.17, 15) is 41.0 Å². The number of non-ortho nitro benzene ring substituents is 2. The SMILES string of the molecule is N#CCCOc1c2cccc1Cc1cc(N=Nc3ccc([N+](=O)[O-])cc3)cc(c1O)Cc1cccc(c1OCCC#N)Cc1cc(N=Nc3ccc([N+](=O)[O-])cc3)cc(c1O)C2. The van der Waals surface area contributed by atoms with Gasteiger partial charge in [-0.15, -0.1) is 0 Å². The van der Waals surface area contributed by atoms with Crippen LogP contribution >= 0.6 is 0 Å². The number of fused-ring (bicyclic) bond motifs is 8. The van der Waals surface area contributed by atoms with Crippen LogP contribution in [0.5, 0.6) is 23.0 Å². The first-order valence-corrected chi connectivity index (χ1v) is 19.3. The van der Waals surface area contributed by atoms with Crippen molar-refractivity contribution in [2.45, 2.75) is 38.5 Å². The minimum Gasteiger partial charge on any atom is -0.507 e. The molecule has 16 nitrogen and oxygen atoms in total. The van der Waals surface area contributed by atoms with E-state index in [0.717, 1.165) is 0 Å². The number of nitriles is 2. The fourth-order valence-corrected chi connectivity index (χ4v) is 7.07. The number of nitro groups is 2. The van der Waals surface area contributed by atoms with Gasteiger partial charge in [-0.3, -0.25) is 20.2 Å². The summed E-state index contributed by atoms with van der Waals surface area (Å²) in [5, 5.41) is 82.7. The highest BCUT2D eigenvalue weighted by Crippen LogP contribution is 2.41. The van der Waals surface area contributed by atoms with Gasteiger partial charge in [0.15, 0.2) is 0 Å². The molecule has 0 aromatic heterocycles. The fourth-order valence-electron chi connectivity index (χ4n) is 7.07. The van der Waals surface area contributed by atoms with Crippen molar-refractivity contribution in [1.29, 1.82) is 10.5 Å². The zero-order valence-electron chi connectivity index (χ0n) is 33.0. The summed E-state index contributed by atoms with van der Waals surface area (Å²) in [6.45, 7) is 0.149. The van der Waals surface area contributed by atoms with Crippen molar-refractivity contribution in [3.8, 4) is 35.1 Å². The maximum absolute atomic E-state index is 12.0. The van der Waals surface area contributed by atoms with Gasteiger partial charge in [0.2, 0.25) is 0 Å². The number of ether oxygens (including phenoxy) is 2. The van der Waals surface area contributed by atoms with E-state index in [1.54, 1.807) is 24.3 Å². The molecule has 0 spiro atoms. The molecule has 1 aliphatic rings. The summed E-state index contributed by atoms with van der Waals surface area (Å²) < 4.78 is 12.6. The van der Waals surface area contributed by atoms with Gasteiger partial charge in [0.05, 0.1) is 57.6 Å². The average molecular weight is 829 g/mol. The second-order valence-corrected chi connectivity index (χ2v) is 14.2. The van der Waals surface area contributed by atoms with Crippen LogP contribution in [0.25, 0.3) is 0 Å². The van der Waals surface area contributed by atoms with E-state index in [4.69, 9.17) is 9.47 Å². The van der Waals surface area contributed by atoms with Crippen molar-refractivity contribution >= 4 is 34.1 Å². The molecule has 6 aromatic carbocycles. The quantitative estimate of drug-likeness (QED) is 0.0510. The number of phenols is 2. The van der Waals surface area contributed by atoms with Crippen LogP contribution in [-0.2, 0) is 25.7 Å². The van der Waals surface area contributed by atoms with Gasteiger partial charge >= 0.3 is 0 Å². The molecule has 0 fully saturated rings. The Kier molecular flexibility index (Phi) is 12.8. The van der Waals surface area contributed by atoms with Crippen molar-refractivity contribution in [2.75, 3.05) is 13.2 Å². The topological polar surface area (TPSA) is 242 Å². The molecule has 16 heteroatoms. The number of aromatic hydroxyl groups is 2. The van der Waals surface area contributed by atoms with E-state index in [1.807, 2.05) is 36.4 Å². The van der Waals surface area contributed by atoms with Crippen molar-refractivity contribution in [3.63, 3.8) is 0 Å². The molecule has 308 valence electrons. The predicted molar refractivity (Wildman–Crippen MR) is 226 cm³/mol. The molecule has 7 rings (SSSR count). The molecule has 62 heavy (non-hydrogen) atoms. The molecule has 6 aromatic rings. The van der Waals surface area contributed by atoms with Gasteiger partial charge in [0.25, 0.3) is 11.4 Å². The van der Waals surface area contributed by atoms with Crippen molar-refractivity contribution in [1.82, 2.24) is 0 Å². The Morgan fingerprint density at radius 2 is 0.806 bits per heavy atom. The zero-order valence-corrected chi connectivity index (χ0v) is 33.0. The summed E-state index contributed by atoms with van der Waals surface area (Å²) in [5.41, 5.74) is 6.01.